The Balaban J connectivity index is 1.43. The van der Waals surface area contributed by atoms with Crippen molar-refractivity contribution < 1.29 is 18.7 Å². The molecule has 2 N–H and O–H groups in total. The second-order valence-electron chi connectivity index (χ2n) is 5.80. The second-order valence-corrected chi connectivity index (χ2v) is 6.88. The quantitative estimate of drug-likeness (QED) is 0.733. The lowest BCUT2D eigenvalue weighted by molar-refractivity contribution is 0.0928. The number of benzene rings is 1. The number of hydrogen-bond donors (Lipinski definition) is 2. The third-order valence-electron chi connectivity index (χ3n) is 4.08. The molecule has 1 aromatic carbocycles. The van der Waals surface area contributed by atoms with Gasteiger partial charge in [0.15, 0.2) is 5.76 Å². The highest BCUT2D eigenvalue weighted by molar-refractivity contribution is 7.18. The minimum absolute atomic E-state index is 0.0873. The van der Waals surface area contributed by atoms with Gasteiger partial charge in [-0.1, -0.05) is 18.2 Å². The summed E-state index contributed by atoms with van der Waals surface area (Å²) < 4.78 is 10.7. The summed E-state index contributed by atoms with van der Waals surface area (Å²) in [5.74, 6) is 0.516. The van der Waals surface area contributed by atoms with Gasteiger partial charge in [-0.25, -0.2) is 0 Å². The van der Waals surface area contributed by atoms with E-state index in [1.807, 2.05) is 24.3 Å². The van der Waals surface area contributed by atoms with Crippen LogP contribution >= 0.6 is 11.3 Å². The minimum atomic E-state index is -0.345. The maximum atomic E-state index is 12.6. The van der Waals surface area contributed by atoms with Gasteiger partial charge in [0.1, 0.15) is 5.75 Å². The first kappa shape index (κ1) is 16.4. The summed E-state index contributed by atoms with van der Waals surface area (Å²) in [6.45, 7) is 0.566. The van der Waals surface area contributed by atoms with Gasteiger partial charge in [-0.15, -0.1) is 11.3 Å². The first-order valence-corrected chi connectivity index (χ1v) is 8.99. The number of rotatable bonds is 4. The molecular formula is C19H16N2O4S. The van der Waals surface area contributed by atoms with Crippen LogP contribution in [0, 0.1) is 0 Å². The van der Waals surface area contributed by atoms with Crippen molar-refractivity contribution in [3.63, 3.8) is 0 Å². The lowest BCUT2D eigenvalue weighted by Crippen LogP contribution is -2.31. The van der Waals surface area contributed by atoms with E-state index in [9.17, 15) is 9.59 Å². The number of nitrogens with one attached hydrogen (secondary N) is 2. The number of anilines is 1. The standard InChI is InChI=1S/C19H16N2O4S/c22-18(15-6-3-10-24-15)21-17-8-7-16(26-17)19(23)20-13-9-11-25-14-5-2-1-4-12(13)14/h1-8,10,13H,9,11H2,(H,20,23)(H,21,22)/t13-/m1/s1. The zero-order valence-corrected chi connectivity index (χ0v) is 14.5. The molecule has 0 radical (unpaired) electrons. The minimum Gasteiger partial charge on any atom is -0.493 e. The highest BCUT2D eigenvalue weighted by Gasteiger charge is 2.23. The van der Waals surface area contributed by atoms with Crippen LogP contribution in [0.3, 0.4) is 0 Å². The Bertz CT molecular complexity index is 933. The van der Waals surface area contributed by atoms with E-state index in [0.29, 0.717) is 16.5 Å². The molecule has 0 saturated heterocycles. The normalized spacial score (nSPS) is 15.6. The molecular weight excluding hydrogens is 352 g/mol. The van der Waals surface area contributed by atoms with E-state index in [1.54, 1.807) is 24.3 Å². The fourth-order valence-corrected chi connectivity index (χ4v) is 3.63. The van der Waals surface area contributed by atoms with Crippen molar-refractivity contribution in [1.82, 2.24) is 5.32 Å². The van der Waals surface area contributed by atoms with Crippen molar-refractivity contribution in [2.45, 2.75) is 12.5 Å². The molecule has 1 aliphatic heterocycles. The van der Waals surface area contributed by atoms with Crippen molar-refractivity contribution in [2.24, 2.45) is 0 Å². The van der Waals surface area contributed by atoms with E-state index in [2.05, 4.69) is 10.6 Å². The van der Waals surface area contributed by atoms with Gasteiger partial charge < -0.3 is 19.8 Å². The molecule has 0 saturated carbocycles. The van der Waals surface area contributed by atoms with Crippen molar-refractivity contribution in [2.75, 3.05) is 11.9 Å². The van der Waals surface area contributed by atoms with E-state index in [4.69, 9.17) is 9.15 Å². The van der Waals surface area contributed by atoms with Crippen LogP contribution in [0.1, 0.15) is 38.3 Å². The van der Waals surface area contributed by atoms with Crippen LogP contribution in [0.15, 0.2) is 59.2 Å². The zero-order valence-electron chi connectivity index (χ0n) is 13.7. The number of carbonyl (C=O) groups is 2. The molecule has 7 heteroatoms. The Labute approximate surface area is 153 Å². The Morgan fingerprint density at radius 3 is 2.77 bits per heavy atom. The van der Waals surface area contributed by atoms with Crippen molar-refractivity contribution in [3.05, 3.63) is 71.0 Å². The molecule has 2 amide bonds. The molecule has 0 fully saturated rings. The molecule has 6 nitrogen and oxygen atoms in total. The maximum Gasteiger partial charge on any atom is 0.291 e. The second kappa shape index (κ2) is 7.05. The Morgan fingerprint density at radius 2 is 1.92 bits per heavy atom. The highest BCUT2D eigenvalue weighted by Crippen LogP contribution is 2.32. The monoisotopic (exact) mass is 368 g/mol. The number of amides is 2. The van der Waals surface area contributed by atoms with Gasteiger partial charge in [-0.05, 0) is 30.3 Å². The van der Waals surface area contributed by atoms with Crippen LogP contribution in [-0.4, -0.2) is 18.4 Å². The Morgan fingerprint density at radius 1 is 1.04 bits per heavy atom. The van der Waals surface area contributed by atoms with Gasteiger partial charge in [-0.2, -0.15) is 0 Å². The average molecular weight is 368 g/mol. The van der Waals surface area contributed by atoms with E-state index in [0.717, 1.165) is 17.7 Å². The number of hydrogen-bond acceptors (Lipinski definition) is 5. The lowest BCUT2D eigenvalue weighted by atomic mass is 10.0. The van der Waals surface area contributed by atoms with Crippen LogP contribution < -0.4 is 15.4 Å². The van der Waals surface area contributed by atoms with Gasteiger partial charge in [0.2, 0.25) is 0 Å². The number of fused-ring (bicyclic) bond motifs is 1. The Hall–Kier alpha value is -3.06. The van der Waals surface area contributed by atoms with Crippen molar-refractivity contribution in [1.29, 1.82) is 0 Å². The summed E-state index contributed by atoms with van der Waals surface area (Å²) in [6.07, 6.45) is 2.16. The molecule has 26 heavy (non-hydrogen) atoms. The van der Waals surface area contributed by atoms with E-state index in [-0.39, 0.29) is 23.6 Å². The molecule has 3 aromatic rings. The van der Waals surface area contributed by atoms with Gasteiger partial charge in [0.05, 0.1) is 28.8 Å². The van der Waals surface area contributed by atoms with Crippen LogP contribution in [0.2, 0.25) is 0 Å². The smallest absolute Gasteiger partial charge is 0.291 e. The predicted octanol–water partition coefficient (Wildman–Crippen LogP) is 3.85. The molecule has 0 unspecified atom stereocenters. The SMILES string of the molecule is O=C(Nc1ccc(C(=O)N[C@@H]2CCOc3ccccc32)s1)c1ccco1. The molecule has 0 bridgehead atoms. The molecule has 1 atom stereocenters. The average Bonchev–Trinajstić information content (AvgIpc) is 3.34. The van der Waals surface area contributed by atoms with E-state index >= 15 is 0 Å². The van der Waals surface area contributed by atoms with Crippen LogP contribution in [0.5, 0.6) is 5.75 Å². The molecule has 0 aliphatic carbocycles. The van der Waals surface area contributed by atoms with E-state index in [1.165, 1.54) is 17.6 Å². The molecule has 132 valence electrons. The summed E-state index contributed by atoms with van der Waals surface area (Å²) in [6, 6.07) is 14.3. The topological polar surface area (TPSA) is 80.6 Å². The summed E-state index contributed by atoms with van der Waals surface area (Å²) in [7, 11) is 0. The lowest BCUT2D eigenvalue weighted by Gasteiger charge is -2.26. The maximum absolute atomic E-state index is 12.6. The number of thiophene rings is 1. The van der Waals surface area contributed by atoms with Gasteiger partial charge in [0, 0.05) is 12.0 Å². The fourth-order valence-electron chi connectivity index (χ4n) is 2.83. The number of carbonyl (C=O) groups excluding carboxylic acids is 2. The van der Waals surface area contributed by atoms with Crippen LogP contribution in [0.25, 0.3) is 0 Å². The van der Waals surface area contributed by atoms with Gasteiger partial charge >= 0.3 is 0 Å². The van der Waals surface area contributed by atoms with Crippen LogP contribution in [-0.2, 0) is 0 Å². The van der Waals surface area contributed by atoms with Gasteiger partial charge in [-0.3, -0.25) is 9.59 Å². The predicted molar refractivity (Wildman–Crippen MR) is 97.7 cm³/mol. The largest absolute Gasteiger partial charge is 0.493 e. The molecule has 4 rings (SSSR count). The zero-order chi connectivity index (χ0) is 17.9. The van der Waals surface area contributed by atoms with Crippen LogP contribution in [0.4, 0.5) is 5.00 Å². The summed E-state index contributed by atoms with van der Waals surface area (Å²) in [5, 5.41) is 6.36. The molecule has 1 aliphatic rings. The molecule has 3 heterocycles. The van der Waals surface area contributed by atoms with Crippen molar-refractivity contribution >= 4 is 28.2 Å². The summed E-state index contributed by atoms with van der Waals surface area (Å²) in [5.41, 5.74) is 0.981. The van der Waals surface area contributed by atoms with Gasteiger partial charge in [0.25, 0.3) is 11.8 Å². The fraction of sp³-hybridized carbons (Fsp3) is 0.158. The van der Waals surface area contributed by atoms with E-state index < -0.39 is 0 Å². The highest BCUT2D eigenvalue weighted by atomic mass is 32.1. The third kappa shape index (κ3) is 3.34. The third-order valence-corrected chi connectivity index (χ3v) is 5.07. The number of para-hydroxylation sites is 1. The summed E-state index contributed by atoms with van der Waals surface area (Å²) in [4.78, 5) is 25.1. The number of ether oxygens (including phenoxy) is 1. The molecule has 0 spiro atoms. The first-order chi connectivity index (χ1) is 12.7. The summed E-state index contributed by atoms with van der Waals surface area (Å²) >= 11 is 1.22. The van der Waals surface area contributed by atoms with Crippen molar-refractivity contribution in [3.8, 4) is 5.75 Å². The molecule has 2 aromatic heterocycles. The number of furan rings is 1. The Kier molecular flexibility index (Phi) is 4.45. The first-order valence-electron chi connectivity index (χ1n) is 8.18.